The van der Waals surface area contributed by atoms with Crippen LogP contribution in [0, 0.1) is 0 Å². The number of hydrogen-bond acceptors (Lipinski definition) is 6. The van der Waals surface area contributed by atoms with Crippen molar-refractivity contribution in [3.63, 3.8) is 0 Å². The van der Waals surface area contributed by atoms with Crippen LogP contribution in [0.3, 0.4) is 0 Å². The molecule has 3 aromatic carbocycles. The van der Waals surface area contributed by atoms with Crippen LogP contribution in [0.2, 0.25) is 15.1 Å². The molecule has 0 aliphatic rings. The topological polar surface area (TPSA) is 63.6 Å². The number of aromatic nitrogens is 1. The molecule has 4 rings (SSSR count). The maximum Gasteiger partial charge on any atom is 0.250 e. The van der Waals surface area contributed by atoms with Crippen molar-refractivity contribution in [2.75, 3.05) is 5.75 Å². The summed E-state index contributed by atoms with van der Waals surface area (Å²) in [5.74, 6) is 0.529. The first-order chi connectivity index (χ1) is 17.4. The van der Waals surface area contributed by atoms with Crippen molar-refractivity contribution < 1.29 is 9.53 Å². The van der Waals surface area contributed by atoms with Crippen molar-refractivity contribution in [1.82, 2.24) is 10.4 Å². The lowest BCUT2D eigenvalue weighted by molar-refractivity contribution is -0.118. The minimum atomic E-state index is -0.245. The molecule has 36 heavy (non-hydrogen) atoms. The number of thiazole rings is 1. The molecule has 0 spiro atoms. The van der Waals surface area contributed by atoms with Crippen LogP contribution in [0.5, 0.6) is 5.75 Å². The second-order valence-corrected chi connectivity index (χ2v) is 11.6. The number of amides is 1. The Hall–Kier alpha value is -2.07. The first-order valence-corrected chi connectivity index (χ1v) is 14.2. The van der Waals surface area contributed by atoms with E-state index in [1.165, 1.54) is 29.3 Å². The van der Waals surface area contributed by atoms with Gasteiger partial charge in [0.05, 0.1) is 17.7 Å². The van der Waals surface area contributed by atoms with Gasteiger partial charge in [0.15, 0.2) is 4.34 Å². The lowest BCUT2D eigenvalue weighted by Crippen LogP contribution is -2.19. The monoisotopic (exact) mass is 639 g/mol. The van der Waals surface area contributed by atoms with Gasteiger partial charge in [-0.25, -0.2) is 10.4 Å². The van der Waals surface area contributed by atoms with E-state index >= 15 is 0 Å². The third-order valence-electron chi connectivity index (χ3n) is 4.71. The minimum absolute atomic E-state index is 0.182. The molecule has 0 atom stereocenters. The van der Waals surface area contributed by atoms with Gasteiger partial charge in [-0.2, -0.15) is 5.10 Å². The number of halogens is 4. The van der Waals surface area contributed by atoms with Gasteiger partial charge >= 0.3 is 0 Å². The molecule has 5 nitrogen and oxygen atoms in total. The van der Waals surface area contributed by atoms with E-state index < -0.39 is 0 Å². The average molecular weight is 642 g/mol. The van der Waals surface area contributed by atoms with E-state index in [-0.39, 0.29) is 18.3 Å². The van der Waals surface area contributed by atoms with Crippen molar-refractivity contribution in [3.8, 4) is 17.0 Å². The van der Waals surface area contributed by atoms with Gasteiger partial charge in [0.2, 0.25) is 0 Å². The fraction of sp³-hybridized carbons (Fsp3) is 0.0800. The molecule has 1 N–H and O–H groups in total. The molecule has 4 aromatic rings. The molecule has 0 aliphatic carbocycles. The highest BCUT2D eigenvalue weighted by Gasteiger charge is 2.09. The molecule has 0 fully saturated rings. The van der Waals surface area contributed by atoms with Crippen molar-refractivity contribution in [1.29, 1.82) is 0 Å². The van der Waals surface area contributed by atoms with Gasteiger partial charge < -0.3 is 4.74 Å². The molecule has 1 aromatic heterocycles. The van der Waals surface area contributed by atoms with Crippen molar-refractivity contribution >= 4 is 86.0 Å². The number of hydrogen-bond donors (Lipinski definition) is 1. The molecule has 0 saturated carbocycles. The number of benzene rings is 3. The van der Waals surface area contributed by atoms with Gasteiger partial charge in [-0.3, -0.25) is 4.79 Å². The van der Waals surface area contributed by atoms with E-state index in [4.69, 9.17) is 39.5 Å². The predicted molar refractivity (Wildman–Crippen MR) is 154 cm³/mol. The van der Waals surface area contributed by atoms with Gasteiger partial charge in [-0.1, -0.05) is 80.7 Å². The Kier molecular flexibility index (Phi) is 9.70. The summed E-state index contributed by atoms with van der Waals surface area (Å²) in [5, 5.41) is 7.80. The second-order valence-electron chi connectivity index (χ2n) is 7.29. The summed E-state index contributed by atoms with van der Waals surface area (Å²) in [6.07, 6.45) is 1.54. The predicted octanol–water partition coefficient (Wildman–Crippen LogP) is 8.35. The molecular weight excluding hydrogens is 625 g/mol. The number of hydrazone groups is 1. The quantitative estimate of drug-likeness (QED) is 0.113. The van der Waals surface area contributed by atoms with Crippen LogP contribution in [0.15, 0.2) is 80.0 Å². The summed E-state index contributed by atoms with van der Waals surface area (Å²) in [6, 6.07) is 18.2. The Morgan fingerprint density at radius 1 is 1.08 bits per heavy atom. The molecular formula is C25H17BrCl3N3O2S2. The molecule has 1 amide bonds. The highest BCUT2D eigenvalue weighted by atomic mass is 79.9. The maximum absolute atomic E-state index is 12.3. The summed E-state index contributed by atoms with van der Waals surface area (Å²) in [5.41, 5.74) is 5.86. The molecule has 184 valence electrons. The molecule has 0 radical (unpaired) electrons. The largest absolute Gasteiger partial charge is 0.488 e. The molecule has 0 unspecified atom stereocenters. The first kappa shape index (κ1) is 27.0. The fourth-order valence-corrected chi connectivity index (χ4v) is 5.55. The van der Waals surface area contributed by atoms with Gasteiger partial charge in [-0.15, -0.1) is 11.3 Å². The highest BCUT2D eigenvalue weighted by Crippen LogP contribution is 2.29. The molecule has 0 aliphatic heterocycles. The van der Waals surface area contributed by atoms with E-state index in [0.717, 1.165) is 25.6 Å². The van der Waals surface area contributed by atoms with Gasteiger partial charge in [0.1, 0.15) is 12.4 Å². The van der Waals surface area contributed by atoms with Gasteiger partial charge in [0, 0.05) is 41.6 Å². The van der Waals surface area contributed by atoms with Crippen molar-refractivity contribution in [3.05, 3.63) is 96.7 Å². The van der Waals surface area contributed by atoms with Crippen LogP contribution < -0.4 is 10.2 Å². The van der Waals surface area contributed by atoms with Gasteiger partial charge in [-0.05, 0) is 42.5 Å². The SMILES string of the molecule is O=C(CSc1nc(-c2ccc(Cl)cc2)cs1)N/N=C/c1cc(Br)ccc1OCc1ccc(Cl)cc1Cl. The smallest absolute Gasteiger partial charge is 0.250 e. The van der Waals surface area contributed by atoms with E-state index in [2.05, 4.69) is 31.4 Å². The molecule has 1 heterocycles. The summed E-state index contributed by atoms with van der Waals surface area (Å²) in [6.45, 7) is 0.257. The summed E-state index contributed by atoms with van der Waals surface area (Å²) in [7, 11) is 0. The van der Waals surface area contributed by atoms with Crippen LogP contribution in [-0.4, -0.2) is 22.9 Å². The third kappa shape index (κ3) is 7.71. The Labute approximate surface area is 240 Å². The Balaban J connectivity index is 1.31. The zero-order valence-electron chi connectivity index (χ0n) is 18.4. The van der Waals surface area contributed by atoms with Crippen molar-refractivity contribution in [2.24, 2.45) is 5.10 Å². The molecule has 0 saturated heterocycles. The molecule has 11 heteroatoms. The van der Waals surface area contributed by atoms with Crippen molar-refractivity contribution in [2.45, 2.75) is 10.9 Å². The highest BCUT2D eigenvalue weighted by molar-refractivity contribution is 9.10. The number of nitrogens with zero attached hydrogens (tertiary/aromatic N) is 2. The standard InChI is InChI=1S/C25H17BrCl3N3O2S2/c26-18-4-8-23(34-12-16-3-7-20(28)10-21(16)29)17(9-18)11-30-32-24(33)14-36-25-31-22(13-35-25)15-1-5-19(27)6-2-15/h1-11,13H,12,14H2,(H,32,33)/b30-11+. The second kappa shape index (κ2) is 12.9. The van der Waals surface area contributed by atoms with Crippen LogP contribution >= 0.6 is 73.8 Å². The number of carbonyl (C=O) groups is 1. The van der Waals surface area contributed by atoms with Crippen LogP contribution in [0.1, 0.15) is 11.1 Å². The first-order valence-electron chi connectivity index (χ1n) is 10.4. The summed E-state index contributed by atoms with van der Waals surface area (Å²) < 4.78 is 7.58. The lowest BCUT2D eigenvalue weighted by Gasteiger charge is -2.11. The Bertz CT molecular complexity index is 1400. The summed E-state index contributed by atoms with van der Waals surface area (Å²) >= 11 is 24.4. The van der Waals surface area contributed by atoms with E-state index in [9.17, 15) is 4.79 Å². The third-order valence-corrected chi connectivity index (χ3v) is 8.07. The molecule has 0 bridgehead atoms. The average Bonchev–Trinajstić information content (AvgIpc) is 3.33. The summed E-state index contributed by atoms with van der Waals surface area (Å²) in [4.78, 5) is 16.9. The van der Waals surface area contributed by atoms with Crippen LogP contribution in [0.25, 0.3) is 11.3 Å². The van der Waals surface area contributed by atoms with Crippen LogP contribution in [-0.2, 0) is 11.4 Å². The van der Waals surface area contributed by atoms with E-state index in [1.807, 2.05) is 53.9 Å². The number of ether oxygens (including phenoxy) is 1. The Morgan fingerprint density at radius 2 is 1.86 bits per heavy atom. The van der Waals surface area contributed by atoms with E-state index in [1.54, 1.807) is 12.1 Å². The normalized spacial score (nSPS) is 11.1. The fourth-order valence-electron chi connectivity index (χ4n) is 2.96. The number of carbonyl (C=O) groups excluding carboxylic acids is 1. The lowest BCUT2D eigenvalue weighted by atomic mass is 10.2. The maximum atomic E-state index is 12.3. The zero-order chi connectivity index (χ0) is 25.5. The zero-order valence-corrected chi connectivity index (χ0v) is 23.9. The minimum Gasteiger partial charge on any atom is -0.488 e. The van der Waals surface area contributed by atoms with Crippen LogP contribution in [0.4, 0.5) is 0 Å². The number of rotatable bonds is 9. The number of nitrogens with one attached hydrogen (secondary N) is 1. The van der Waals surface area contributed by atoms with E-state index in [0.29, 0.717) is 26.4 Å². The van der Waals surface area contributed by atoms with Gasteiger partial charge in [0.25, 0.3) is 5.91 Å². The Morgan fingerprint density at radius 3 is 2.64 bits per heavy atom. The number of thioether (sulfide) groups is 1.